The minimum Gasteiger partial charge on any atom is -0.508 e. The molecule has 0 aromatic heterocycles. The molecule has 0 radical (unpaired) electrons. The van der Waals surface area contributed by atoms with E-state index in [1.807, 2.05) is 0 Å². The Balaban J connectivity index is 2.02. The van der Waals surface area contributed by atoms with Crippen molar-refractivity contribution in [1.82, 2.24) is 0 Å². The van der Waals surface area contributed by atoms with Crippen LogP contribution in [-0.2, 0) is 39.9 Å². The van der Waals surface area contributed by atoms with Crippen molar-refractivity contribution in [1.29, 1.82) is 0 Å². The quantitative estimate of drug-likeness (QED) is 0.133. The van der Waals surface area contributed by atoms with E-state index >= 15 is 0 Å². The Morgan fingerprint density at radius 2 is 1.60 bits per heavy atom. The van der Waals surface area contributed by atoms with Crippen LogP contribution in [0.1, 0.15) is 78.5 Å². The van der Waals surface area contributed by atoms with Crippen molar-refractivity contribution in [2.75, 3.05) is 13.2 Å². The molecule has 0 saturated heterocycles. The molecule has 252 valence electrons. The zero-order valence-electron chi connectivity index (χ0n) is 27.9. The highest BCUT2D eigenvalue weighted by molar-refractivity contribution is 6.24. The second-order valence-electron chi connectivity index (χ2n) is 13.4. The number of ether oxygens (including phenoxy) is 2. The third-order valence-corrected chi connectivity index (χ3v) is 9.72. The van der Waals surface area contributed by atoms with Crippen molar-refractivity contribution >= 4 is 41.1 Å². The van der Waals surface area contributed by atoms with Crippen LogP contribution in [-0.4, -0.2) is 68.5 Å². The Labute approximate surface area is 273 Å². The molecular formula is C36H42O11. The van der Waals surface area contributed by atoms with E-state index in [0.717, 1.165) is 6.92 Å². The van der Waals surface area contributed by atoms with Crippen LogP contribution in [0.3, 0.4) is 0 Å². The number of carbonyl (C=O) groups excluding carboxylic acids is 5. The highest BCUT2D eigenvalue weighted by atomic mass is 16.5. The normalized spacial score (nSPS) is 27.7. The summed E-state index contributed by atoms with van der Waals surface area (Å²) >= 11 is 0. The molecule has 3 aliphatic rings. The maximum Gasteiger partial charge on any atom is 0.338 e. The van der Waals surface area contributed by atoms with Crippen LogP contribution in [0, 0.1) is 22.7 Å². The van der Waals surface area contributed by atoms with Crippen molar-refractivity contribution in [2.24, 2.45) is 22.7 Å². The van der Waals surface area contributed by atoms with Gasteiger partial charge in [-0.05, 0) is 75.8 Å². The Morgan fingerprint density at radius 1 is 1.00 bits per heavy atom. The van der Waals surface area contributed by atoms with E-state index in [1.165, 1.54) is 38.1 Å². The summed E-state index contributed by atoms with van der Waals surface area (Å²) in [5.41, 5.74) is -5.81. The zero-order valence-corrected chi connectivity index (χ0v) is 27.9. The molecule has 1 unspecified atom stereocenters. The first-order valence-corrected chi connectivity index (χ1v) is 15.6. The average Bonchev–Trinajstić information content (AvgIpc) is 2.95. The first kappa shape index (κ1) is 35.3. The number of allylic oxidation sites excluding steroid dienone is 1. The lowest BCUT2D eigenvalue weighted by Crippen LogP contribution is -2.69. The number of aliphatic hydroxyl groups is 3. The number of phenolic OH excluding ortho intramolecular Hbond substituents is 1. The van der Waals surface area contributed by atoms with Gasteiger partial charge in [0.1, 0.15) is 22.8 Å². The van der Waals surface area contributed by atoms with Crippen molar-refractivity contribution in [3.63, 3.8) is 0 Å². The van der Waals surface area contributed by atoms with Gasteiger partial charge in [0.2, 0.25) is 5.78 Å². The van der Waals surface area contributed by atoms with Gasteiger partial charge in [0.15, 0.2) is 17.2 Å². The van der Waals surface area contributed by atoms with Crippen molar-refractivity contribution in [2.45, 2.75) is 73.8 Å². The lowest BCUT2D eigenvalue weighted by Gasteiger charge is -2.59. The summed E-state index contributed by atoms with van der Waals surface area (Å²) in [5, 5.41) is 46.3. The zero-order chi connectivity index (χ0) is 35.4. The molecule has 1 fully saturated rings. The highest BCUT2D eigenvalue weighted by Gasteiger charge is 2.72. The fourth-order valence-electron chi connectivity index (χ4n) is 7.95. The summed E-state index contributed by atoms with van der Waals surface area (Å²) in [7, 11) is 0. The molecule has 3 aliphatic carbocycles. The second kappa shape index (κ2) is 12.3. The van der Waals surface area contributed by atoms with E-state index in [0.29, 0.717) is 11.1 Å². The molecule has 1 aromatic carbocycles. The lowest BCUT2D eigenvalue weighted by atomic mass is 9.43. The van der Waals surface area contributed by atoms with Gasteiger partial charge in [-0.25, -0.2) is 9.59 Å². The number of Topliss-reactive ketones (excluding diaryl/α,β-unsaturated/α-hetero) is 3. The number of fused-ring (bicyclic) bond motifs is 3. The predicted octanol–water partition coefficient (Wildman–Crippen LogP) is 4.65. The number of rotatable bonds is 8. The van der Waals surface area contributed by atoms with E-state index in [4.69, 9.17) is 9.47 Å². The van der Waals surface area contributed by atoms with E-state index in [1.54, 1.807) is 34.6 Å². The molecule has 0 amide bonds. The Hall–Kier alpha value is -4.51. The summed E-state index contributed by atoms with van der Waals surface area (Å²) in [6.07, 6.45) is 2.67. The number of ketones is 3. The van der Waals surface area contributed by atoms with Crippen LogP contribution >= 0.6 is 0 Å². The largest absolute Gasteiger partial charge is 0.508 e. The van der Waals surface area contributed by atoms with Gasteiger partial charge < -0.3 is 29.9 Å². The number of esters is 2. The van der Waals surface area contributed by atoms with Crippen molar-refractivity contribution in [3.8, 4) is 5.75 Å². The standard InChI is InChI=1S/C36H42O11/c1-9-46-32(43)18(5)13-21(33(44)47-10-2)14-20-11-12-23(38)25-22(20)15-34(7)16-35(8)26(17(3)4)28(39)24(19(6)37)30(41)36(35,45)31(42)27(34)29(25)40/h11-14,17,26,38,40-41,45H,9-10,15-16H2,1-8H3/b18-13+,21-14-/t26?,34-,35-,36+/m1/s1. The first-order valence-electron chi connectivity index (χ1n) is 15.6. The number of hydrogen-bond acceptors (Lipinski definition) is 11. The molecule has 4 rings (SSSR count). The topological polar surface area (TPSA) is 185 Å². The molecule has 1 aromatic rings. The van der Waals surface area contributed by atoms with Gasteiger partial charge in [-0.15, -0.1) is 0 Å². The summed E-state index contributed by atoms with van der Waals surface area (Å²) in [4.78, 5) is 66.1. The molecule has 0 spiro atoms. The van der Waals surface area contributed by atoms with Crippen molar-refractivity contribution in [3.05, 3.63) is 63.0 Å². The fourth-order valence-corrected chi connectivity index (χ4v) is 7.95. The number of hydrogen-bond donors (Lipinski definition) is 4. The average molecular weight is 651 g/mol. The van der Waals surface area contributed by atoms with Gasteiger partial charge in [-0.1, -0.05) is 33.8 Å². The lowest BCUT2D eigenvalue weighted by molar-refractivity contribution is -0.178. The molecule has 4 N–H and O–H groups in total. The Kier molecular flexibility index (Phi) is 9.22. The molecule has 11 heteroatoms. The fraction of sp³-hybridized carbons (Fsp3) is 0.472. The molecule has 0 aliphatic heterocycles. The number of carbonyl (C=O) groups is 5. The summed E-state index contributed by atoms with van der Waals surface area (Å²) in [5.74, 6) is -7.53. The van der Waals surface area contributed by atoms with Crippen LogP contribution in [0.15, 0.2) is 46.3 Å². The third-order valence-electron chi connectivity index (χ3n) is 9.72. The minimum atomic E-state index is -2.73. The number of benzene rings is 1. The maximum absolute atomic E-state index is 14.5. The van der Waals surface area contributed by atoms with Crippen LogP contribution in [0.4, 0.5) is 0 Å². The number of aliphatic hydroxyl groups excluding tert-OH is 2. The summed E-state index contributed by atoms with van der Waals surface area (Å²) in [6.45, 7) is 12.7. The summed E-state index contributed by atoms with van der Waals surface area (Å²) < 4.78 is 10.3. The van der Waals surface area contributed by atoms with Gasteiger partial charge in [0.25, 0.3) is 0 Å². The van der Waals surface area contributed by atoms with E-state index < -0.39 is 80.4 Å². The Morgan fingerprint density at radius 3 is 2.15 bits per heavy atom. The van der Waals surface area contributed by atoms with E-state index in [-0.39, 0.29) is 48.3 Å². The van der Waals surface area contributed by atoms with Crippen LogP contribution in [0.5, 0.6) is 5.75 Å². The maximum atomic E-state index is 14.5. The number of phenols is 1. The van der Waals surface area contributed by atoms with Gasteiger partial charge in [-0.3, -0.25) is 14.4 Å². The summed E-state index contributed by atoms with van der Waals surface area (Å²) in [6, 6.07) is 2.78. The number of aromatic hydroxyl groups is 1. The smallest absolute Gasteiger partial charge is 0.338 e. The van der Waals surface area contributed by atoms with E-state index in [2.05, 4.69) is 0 Å². The molecule has 0 heterocycles. The second-order valence-corrected chi connectivity index (χ2v) is 13.4. The van der Waals surface area contributed by atoms with Crippen LogP contribution in [0.25, 0.3) is 11.8 Å². The molecule has 47 heavy (non-hydrogen) atoms. The van der Waals surface area contributed by atoms with Gasteiger partial charge in [0, 0.05) is 27.9 Å². The third kappa shape index (κ3) is 5.30. The minimum absolute atomic E-state index is 0.000897. The molecule has 0 bridgehead atoms. The molecule has 11 nitrogen and oxygen atoms in total. The SMILES string of the molecule is CCOC(=O)C(=C\c1ccc(O)c2c1C[C@]1(C)C[C@]3(C)C(C(C)C)C(=O)C(C(C)=O)=C(O)[C@]3(O)C(=O)C1=C2O)/C=C(\C)C(=O)OCC. The molecule has 4 atom stereocenters. The van der Waals surface area contributed by atoms with Crippen LogP contribution in [0.2, 0.25) is 0 Å². The van der Waals surface area contributed by atoms with E-state index in [9.17, 15) is 44.4 Å². The highest BCUT2D eigenvalue weighted by Crippen LogP contribution is 2.65. The van der Waals surface area contributed by atoms with Crippen LogP contribution < -0.4 is 0 Å². The monoisotopic (exact) mass is 650 g/mol. The van der Waals surface area contributed by atoms with Gasteiger partial charge >= 0.3 is 11.9 Å². The van der Waals surface area contributed by atoms with Gasteiger partial charge in [-0.2, -0.15) is 0 Å². The predicted molar refractivity (Wildman–Crippen MR) is 171 cm³/mol. The Bertz CT molecular complexity index is 1720. The first-order chi connectivity index (χ1) is 21.8. The van der Waals surface area contributed by atoms with Crippen molar-refractivity contribution < 1.29 is 53.9 Å². The molecule has 1 saturated carbocycles. The van der Waals surface area contributed by atoms with Gasteiger partial charge in [0.05, 0.1) is 24.4 Å². The molecular weight excluding hydrogens is 608 g/mol.